The maximum atomic E-state index is 13.0. The summed E-state index contributed by atoms with van der Waals surface area (Å²) in [4.78, 5) is 39.3. The number of benzene rings is 2. The van der Waals surface area contributed by atoms with Gasteiger partial charge in [0.1, 0.15) is 5.75 Å². The Labute approximate surface area is 176 Å². The first-order chi connectivity index (χ1) is 14.5. The summed E-state index contributed by atoms with van der Waals surface area (Å²) in [6.45, 7) is 0.264. The highest BCUT2D eigenvalue weighted by Crippen LogP contribution is 2.45. The molecule has 1 saturated heterocycles. The number of anilines is 1. The third-order valence-corrected chi connectivity index (χ3v) is 6.20. The molecule has 1 heterocycles. The first-order valence-electron chi connectivity index (χ1n) is 10.4. The van der Waals surface area contributed by atoms with E-state index in [2.05, 4.69) is 5.32 Å². The van der Waals surface area contributed by atoms with Crippen molar-refractivity contribution in [1.82, 2.24) is 4.90 Å². The minimum atomic E-state index is -0.465. The molecular weight excluding hydrogens is 380 g/mol. The number of hydrogen-bond acceptors (Lipinski definition) is 4. The summed E-state index contributed by atoms with van der Waals surface area (Å²) in [5.41, 5.74) is 1.56. The minimum absolute atomic E-state index is 0.0199. The van der Waals surface area contributed by atoms with Crippen molar-refractivity contribution in [2.45, 2.75) is 45.1 Å². The highest BCUT2D eigenvalue weighted by Gasteiger charge is 2.51. The van der Waals surface area contributed by atoms with Gasteiger partial charge in [-0.3, -0.25) is 19.3 Å². The van der Waals surface area contributed by atoms with Gasteiger partial charge >= 0.3 is 0 Å². The van der Waals surface area contributed by atoms with Crippen LogP contribution in [0.4, 0.5) is 5.69 Å². The van der Waals surface area contributed by atoms with Gasteiger partial charge in [0.2, 0.25) is 11.8 Å². The van der Waals surface area contributed by atoms with Crippen LogP contribution < -0.4 is 10.1 Å². The lowest BCUT2D eigenvalue weighted by molar-refractivity contribution is -0.142. The molecule has 1 saturated carbocycles. The lowest BCUT2D eigenvalue weighted by Crippen LogP contribution is -2.36. The van der Waals surface area contributed by atoms with Crippen LogP contribution in [-0.4, -0.2) is 29.7 Å². The predicted molar refractivity (Wildman–Crippen MR) is 113 cm³/mol. The fraction of sp³-hybridized carbons (Fsp3) is 0.375. The second kappa shape index (κ2) is 8.30. The smallest absolute Gasteiger partial charge is 0.255 e. The molecule has 0 unspecified atom stereocenters. The maximum absolute atomic E-state index is 13.0. The Kier molecular flexibility index (Phi) is 5.57. The zero-order valence-corrected chi connectivity index (χ0v) is 17.1. The van der Waals surface area contributed by atoms with Crippen molar-refractivity contribution in [1.29, 1.82) is 0 Å². The Morgan fingerprint density at radius 1 is 1.00 bits per heavy atom. The van der Waals surface area contributed by atoms with Gasteiger partial charge in [-0.25, -0.2) is 0 Å². The molecule has 2 aliphatic rings. The lowest BCUT2D eigenvalue weighted by Gasteiger charge is -2.30. The Morgan fingerprint density at radius 2 is 1.67 bits per heavy atom. The van der Waals surface area contributed by atoms with E-state index in [0.29, 0.717) is 17.7 Å². The van der Waals surface area contributed by atoms with Gasteiger partial charge in [0, 0.05) is 17.7 Å². The van der Waals surface area contributed by atoms with E-state index >= 15 is 0 Å². The number of amides is 3. The molecule has 0 aromatic heterocycles. The lowest BCUT2D eigenvalue weighted by atomic mass is 9.73. The molecule has 3 amide bonds. The van der Waals surface area contributed by atoms with Gasteiger partial charge in [0.25, 0.3) is 5.91 Å². The largest absolute Gasteiger partial charge is 0.497 e. The molecule has 2 aromatic carbocycles. The first-order valence-corrected chi connectivity index (χ1v) is 10.4. The summed E-state index contributed by atoms with van der Waals surface area (Å²) < 4.78 is 5.11. The molecular formula is C24H26N2O4. The number of rotatable bonds is 5. The summed E-state index contributed by atoms with van der Waals surface area (Å²) in [6.07, 6.45) is 5.16. The standard InChI is InChI=1S/C24H26N2O4/c1-30-20-11-9-19(10-12-20)25-22(28)18-7-5-17(6-8-18)16-26-21(27)15-24(23(26)29)13-3-2-4-14-24/h5-12H,2-4,13-16H2,1H3,(H,25,28). The molecule has 2 fully saturated rings. The normalized spacial score (nSPS) is 18.0. The number of nitrogens with one attached hydrogen (secondary N) is 1. The summed E-state index contributed by atoms with van der Waals surface area (Å²) >= 11 is 0. The number of hydrogen-bond donors (Lipinski definition) is 1. The Hall–Kier alpha value is -3.15. The number of likely N-dealkylation sites (tertiary alicyclic amines) is 1. The molecule has 0 bridgehead atoms. The SMILES string of the molecule is COc1ccc(NC(=O)c2ccc(CN3C(=O)CC4(CCCCC4)C3=O)cc2)cc1. The van der Waals surface area contributed by atoms with Crippen LogP contribution in [-0.2, 0) is 16.1 Å². The van der Waals surface area contributed by atoms with E-state index in [1.54, 1.807) is 55.6 Å². The van der Waals surface area contributed by atoms with Crippen LogP contribution in [0.5, 0.6) is 5.75 Å². The summed E-state index contributed by atoms with van der Waals surface area (Å²) in [6, 6.07) is 14.1. The highest BCUT2D eigenvalue weighted by molar-refractivity contribution is 6.06. The molecule has 1 aliphatic heterocycles. The summed E-state index contributed by atoms with van der Waals surface area (Å²) in [7, 11) is 1.59. The topological polar surface area (TPSA) is 75.7 Å². The second-order valence-electron chi connectivity index (χ2n) is 8.18. The van der Waals surface area contributed by atoms with Crippen molar-refractivity contribution in [3.8, 4) is 5.75 Å². The van der Waals surface area contributed by atoms with E-state index in [1.807, 2.05) is 0 Å². The van der Waals surface area contributed by atoms with Crippen molar-refractivity contribution in [2.24, 2.45) is 5.41 Å². The van der Waals surface area contributed by atoms with Gasteiger partial charge in [-0.05, 0) is 54.8 Å². The van der Waals surface area contributed by atoms with Crippen molar-refractivity contribution in [3.63, 3.8) is 0 Å². The molecule has 156 valence electrons. The van der Waals surface area contributed by atoms with E-state index in [0.717, 1.165) is 43.4 Å². The molecule has 1 aliphatic carbocycles. The zero-order chi connectivity index (χ0) is 21.1. The summed E-state index contributed by atoms with van der Waals surface area (Å²) in [5, 5.41) is 2.84. The molecule has 2 aromatic rings. The molecule has 1 N–H and O–H groups in total. The fourth-order valence-electron chi connectivity index (χ4n) is 4.46. The monoisotopic (exact) mass is 406 g/mol. The molecule has 4 rings (SSSR count). The van der Waals surface area contributed by atoms with Gasteiger partial charge in [0.15, 0.2) is 0 Å². The minimum Gasteiger partial charge on any atom is -0.497 e. The van der Waals surface area contributed by atoms with E-state index in [9.17, 15) is 14.4 Å². The molecule has 1 spiro atoms. The van der Waals surface area contributed by atoms with Crippen LogP contribution in [0, 0.1) is 5.41 Å². The number of ether oxygens (including phenoxy) is 1. The maximum Gasteiger partial charge on any atom is 0.255 e. The number of methoxy groups -OCH3 is 1. The average Bonchev–Trinajstić information content (AvgIpc) is 2.99. The van der Waals surface area contributed by atoms with Crippen LogP contribution in [0.25, 0.3) is 0 Å². The predicted octanol–water partition coefficient (Wildman–Crippen LogP) is 4.16. The highest BCUT2D eigenvalue weighted by atomic mass is 16.5. The number of carbonyl (C=O) groups excluding carboxylic acids is 3. The molecule has 30 heavy (non-hydrogen) atoms. The van der Waals surface area contributed by atoms with E-state index < -0.39 is 5.41 Å². The number of carbonyl (C=O) groups is 3. The Bertz CT molecular complexity index is 944. The quantitative estimate of drug-likeness (QED) is 0.757. The van der Waals surface area contributed by atoms with Crippen molar-refractivity contribution in [2.75, 3.05) is 12.4 Å². The van der Waals surface area contributed by atoms with Gasteiger partial charge in [0.05, 0.1) is 19.1 Å². The van der Waals surface area contributed by atoms with E-state index in [4.69, 9.17) is 4.74 Å². The van der Waals surface area contributed by atoms with Gasteiger partial charge in [-0.15, -0.1) is 0 Å². The summed E-state index contributed by atoms with van der Waals surface area (Å²) in [5.74, 6) is 0.399. The molecule has 0 radical (unpaired) electrons. The number of imide groups is 1. The van der Waals surface area contributed by atoms with E-state index in [1.165, 1.54) is 4.90 Å². The van der Waals surface area contributed by atoms with Crippen LogP contribution >= 0.6 is 0 Å². The second-order valence-corrected chi connectivity index (χ2v) is 8.18. The van der Waals surface area contributed by atoms with Crippen LogP contribution in [0.1, 0.15) is 54.4 Å². The average molecular weight is 406 g/mol. The van der Waals surface area contributed by atoms with Crippen LogP contribution in [0.3, 0.4) is 0 Å². The first kappa shape index (κ1) is 20.1. The van der Waals surface area contributed by atoms with Gasteiger partial charge in [-0.1, -0.05) is 31.4 Å². The van der Waals surface area contributed by atoms with Crippen LogP contribution in [0.15, 0.2) is 48.5 Å². The molecule has 0 atom stereocenters. The zero-order valence-electron chi connectivity index (χ0n) is 17.1. The Morgan fingerprint density at radius 3 is 2.30 bits per heavy atom. The molecule has 6 heteroatoms. The Balaban J connectivity index is 1.40. The van der Waals surface area contributed by atoms with Gasteiger partial charge in [-0.2, -0.15) is 0 Å². The fourth-order valence-corrected chi connectivity index (χ4v) is 4.46. The van der Waals surface area contributed by atoms with Crippen molar-refractivity contribution in [3.05, 3.63) is 59.7 Å². The van der Waals surface area contributed by atoms with E-state index in [-0.39, 0.29) is 24.3 Å². The van der Waals surface area contributed by atoms with Crippen molar-refractivity contribution < 1.29 is 19.1 Å². The third kappa shape index (κ3) is 3.95. The number of nitrogens with zero attached hydrogens (tertiary/aromatic N) is 1. The van der Waals surface area contributed by atoms with Crippen molar-refractivity contribution >= 4 is 23.4 Å². The third-order valence-electron chi connectivity index (χ3n) is 6.20. The van der Waals surface area contributed by atoms with Crippen LogP contribution in [0.2, 0.25) is 0 Å². The van der Waals surface area contributed by atoms with Gasteiger partial charge < -0.3 is 10.1 Å². The molecule has 6 nitrogen and oxygen atoms in total.